The number of para-hydroxylation sites is 1. The van der Waals surface area contributed by atoms with Crippen LogP contribution in [0, 0.1) is 26.7 Å². The van der Waals surface area contributed by atoms with Gasteiger partial charge in [-0.15, -0.1) is 0 Å². The second kappa shape index (κ2) is 8.45. The standard InChI is InChI=1S/C22H28N2O3S/c1-16-7-4-5-10-20(16)15-28(26,27)24-13-11-19(12-14-24)22(25)23-21-17(2)8-6-9-18(21)3/h4-10,19H,11-15H2,1-3H3,(H,23,25). The molecule has 0 atom stereocenters. The second-order valence-electron chi connectivity index (χ2n) is 7.61. The number of carbonyl (C=O) groups excluding carboxylic acids is 1. The molecular formula is C22H28N2O3S. The molecule has 150 valence electrons. The van der Waals surface area contributed by atoms with E-state index in [1.165, 1.54) is 4.31 Å². The van der Waals surface area contributed by atoms with Gasteiger partial charge in [-0.1, -0.05) is 42.5 Å². The predicted molar refractivity (Wildman–Crippen MR) is 113 cm³/mol. The van der Waals surface area contributed by atoms with E-state index < -0.39 is 10.0 Å². The number of aryl methyl sites for hydroxylation is 3. The van der Waals surface area contributed by atoms with Crippen molar-refractivity contribution in [2.24, 2.45) is 5.92 Å². The molecule has 1 N–H and O–H groups in total. The van der Waals surface area contributed by atoms with Crippen molar-refractivity contribution in [2.45, 2.75) is 39.4 Å². The van der Waals surface area contributed by atoms with E-state index in [9.17, 15) is 13.2 Å². The highest BCUT2D eigenvalue weighted by atomic mass is 32.2. The topological polar surface area (TPSA) is 66.5 Å². The fourth-order valence-corrected chi connectivity index (χ4v) is 5.36. The number of amides is 1. The molecule has 5 nitrogen and oxygen atoms in total. The maximum absolute atomic E-state index is 12.8. The zero-order chi connectivity index (χ0) is 20.3. The Morgan fingerprint density at radius 3 is 2.14 bits per heavy atom. The third-order valence-corrected chi connectivity index (χ3v) is 7.37. The Kier molecular flexibility index (Phi) is 6.20. The molecule has 0 spiro atoms. The van der Waals surface area contributed by atoms with Gasteiger partial charge in [0.15, 0.2) is 0 Å². The van der Waals surface area contributed by atoms with Crippen LogP contribution in [0.15, 0.2) is 42.5 Å². The average Bonchev–Trinajstić information content (AvgIpc) is 2.66. The lowest BCUT2D eigenvalue weighted by molar-refractivity contribution is -0.120. The molecule has 0 aliphatic carbocycles. The summed E-state index contributed by atoms with van der Waals surface area (Å²) in [6, 6.07) is 13.5. The van der Waals surface area contributed by atoms with Crippen LogP contribution in [-0.2, 0) is 20.6 Å². The van der Waals surface area contributed by atoms with Crippen molar-refractivity contribution >= 4 is 21.6 Å². The van der Waals surface area contributed by atoms with E-state index in [1.54, 1.807) is 0 Å². The quantitative estimate of drug-likeness (QED) is 0.830. The molecule has 1 aliphatic heterocycles. The fraction of sp³-hybridized carbons (Fsp3) is 0.409. The van der Waals surface area contributed by atoms with E-state index in [4.69, 9.17) is 0 Å². The van der Waals surface area contributed by atoms with Crippen LogP contribution in [-0.4, -0.2) is 31.7 Å². The Morgan fingerprint density at radius 1 is 0.964 bits per heavy atom. The number of carbonyl (C=O) groups is 1. The monoisotopic (exact) mass is 400 g/mol. The molecule has 1 amide bonds. The number of nitrogens with zero attached hydrogens (tertiary/aromatic N) is 1. The van der Waals surface area contributed by atoms with Crippen molar-refractivity contribution in [2.75, 3.05) is 18.4 Å². The van der Waals surface area contributed by atoms with Gasteiger partial charge in [-0.3, -0.25) is 4.79 Å². The summed E-state index contributed by atoms with van der Waals surface area (Å²) in [7, 11) is -3.38. The molecule has 6 heteroatoms. The minimum absolute atomic E-state index is 0.0128. The van der Waals surface area contributed by atoms with E-state index in [0.717, 1.165) is 27.9 Å². The molecule has 0 bridgehead atoms. The second-order valence-corrected chi connectivity index (χ2v) is 9.58. The Morgan fingerprint density at radius 2 is 1.54 bits per heavy atom. The number of anilines is 1. The molecule has 0 saturated carbocycles. The van der Waals surface area contributed by atoms with Gasteiger partial charge in [-0.2, -0.15) is 0 Å². The highest BCUT2D eigenvalue weighted by Gasteiger charge is 2.31. The molecule has 2 aromatic carbocycles. The number of piperidine rings is 1. The fourth-order valence-electron chi connectivity index (χ4n) is 3.69. The van der Waals surface area contributed by atoms with Crippen LogP contribution < -0.4 is 5.32 Å². The van der Waals surface area contributed by atoms with E-state index in [1.807, 2.05) is 63.2 Å². The lowest BCUT2D eigenvalue weighted by Gasteiger charge is -2.31. The Hall–Kier alpha value is -2.18. The summed E-state index contributed by atoms with van der Waals surface area (Å²) in [6.07, 6.45) is 1.09. The molecule has 0 radical (unpaired) electrons. The molecule has 28 heavy (non-hydrogen) atoms. The maximum atomic E-state index is 12.8. The highest BCUT2D eigenvalue weighted by molar-refractivity contribution is 7.88. The molecule has 3 rings (SSSR count). The van der Waals surface area contributed by atoms with Crippen LogP contribution in [0.4, 0.5) is 5.69 Å². The number of hydrogen-bond acceptors (Lipinski definition) is 3. The summed E-state index contributed by atoms with van der Waals surface area (Å²) < 4.78 is 27.1. The van der Waals surface area contributed by atoms with Gasteiger partial charge in [0.25, 0.3) is 0 Å². The molecule has 0 unspecified atom stereocenters. The van der Waals surface area contributed by atoms with Crippen molar-refractivity contribution in [3.63, 3.8) is 0 Å². The lowest BCUT2D eigenvalue weighted by Crippen LogP contribution is -2.42. The Labute approximate surface area is 167 Å². The zero-order valence-electron chi connectivity index (χ0n) is 16.7. The van der Waals surface area contributed by atoms with Gasteiger partial charge in [0, 0.05) is 24.7 Å². The summed E-state index contributed by atoms with van der Waals surface area (Å²) in [5.41, 5.74) is 4.74. The Bertz CT molecular complexity index is 941. The molecule has 1 saturated heterocycles. The maximum Gasteiger partial charge on any atom is 0.227 e. The average molecular weight is 401 g/mol. The largest absolute Gasteiger partial charge is 0.325 e. The first-order valence-corrected chi connectivity index (χ1v) is 11.3. The predicted octanol–water partition coefficient (Wildman–Crippen LogP) is 3.79. The molecule has 1 fully saturated rings. The van der Waals surface area contributed by atoms with Crippen molar-refractivity contribution in [1.29, 1.82) is 0 Å². The van der Waals surface area contributed by atoms with Crippen LogP contribution in [0.5, 0.6) is 0 Å². The SMILES string of the molecule is Cc1ccccc1CS(=O)(=O)N1CCC(C(=O)Nc2c(C)cccc2C)CC1. The molecule has 1 aliphatic rings. The van der Waals surface area contributed by atoms with E-state index in [0.29, 0.717) is 25.9 Å². The zero-order valence-corrected chi connectivity index (χ0v) is 17.6. The Balaban J connectivity index is 1.61. The summed E-state index contributed by atoms with van der Waals surface area (Å²) in [6.45, 7) is 6.65. The first-order valence-electron chi connectivity index (χ1n) is 9.67. The van der Waals surface area contributed by atoms with Crippen LogP contribution in [0.25, 0.3) is 0 Å². The number of sulfonamides is 1. The third-order valence-electron chi connectivity index (χ3n) is 5.55. The highest BCUT2D eigenvalue weighted by Crippen LogP contribution is 2.25. The number of nitrogens with one attached hydrogen (secondary N) is 1. The summed E-state index contributed by atoms with van der Waals surface area (Å²) in [5, 5.41) is 3.04. The van der Waals surface area contributed by atoms with E-state index >= 15 is 0 Å². The summed E-state index contributed by atoms with van der Waals surface area (Å²) in [5.74, 6) is -0.170. The normalized spacial score (nSPS) is 16.1. The number of benzene rings is 2. The number of rotatable bonds is 5. The van der Waals surface area contributed by atoms with Crippen LogP contribution >= 0.6 is 0 Å². The van der Waals surface area contributed by atoms with Crippen molar-refractivity contribution in [1.82, 2.24) is 4.31 Å². The molecule has 1 heterocycles. The van der Waals surface area contributed by atoms with Gasteiger partial charge in [0.2, 0.25) is 15.9 Å². The van der Waals surface area contributed by atoms with Gasteiger partial charge in [-0.05, 0) is 55.9 Å². The van der Waals surface area contributed by atoms with Crippen LogP contribution in [0.1, 0.15) is 35.1 Å². The van der Waals surface area contributed by atoms with Crippen molar-refractivity contribution in [3.8, 4) is 0 Å². The van der Waals surface area contributed by atoms with Gasteiger partial charge < -0.3 is 5.32 Å². The van der Waals surface area contributed by atoms with Crippen LogP contribution in [0.2, 0.25) is 0 Å². The molecule has 0 aromatic heterocycles. The lowest BCUT2D eigenvalue weighted by atomic mass is 9.96. The first kappa shape index (κ1) is 20.6. The molecular weight excluding hydrogens is 372 g/mol. The van der Waals surface area contributed by atoms with Gasteiger partial charge in [0.1, 0.15) is 0 Å². The van der Waals surface area contributed by atoms with Crippen LogP contribution in [0.3, 0.4) is 0 Å². The minimum Gasteiger partial charge on any atom is -0.325 e. The van der Waals surface area contributed by atoms with E-state index in [2.05, 4.69) is 5.32 Å². The van der Waals surface area contributed by atoms with Crippen molar-refractivity contribution < 1.29 is 13.2 Å². The van der Waals surface area contributed by atoms with Crippen molar-refractivity contribution in [3.05, 3.63) is 64.7 Å². The van der Waals surface area contributed by atoms with Gasteiger partial charge >= 0.3 is 0 Å². The first-order chi connectivity index (χ1) is 13.3. The third kappa shape index (κ3) is 4.62. The van der Waals surface area contributed by atoms with Gasteiger partial charge in [0.05, 0.1) is 5.75 Å². The summed E-state index contributed by atoms with van der Waals surface area (Å²) in [4.78, 5) is 12.7. The minimum atomic E-state index is -3.38. The van der Waals surface area contributed by atoms with E-state index in [-0.39, 0.29) is 17.6 Å². The smallest absolute Gasteiger partial charge is 0.227 e. The number of hydrogen-bond donors (Lipinski definition) is 1. The van der Waals surface area contributed by atoms with Gasteiger partial charge in [-0.25, -0.2) is 12.7 Å². The molecule has 2 aromatic rings. The summed E-state index contributed by atoms with van der Waals surface area (Å²) >= 11 is 0.